The summed E-state index contributed by atoms with van der Waals surface area (Å²) in [6, 6.07) is 3.48. The number of hydrogen-bond donors (Lipinski definition) is 1. The zero-order valence-corrected chi connectivity index (χ0v) is 8.54. The second-order valence-electron chi connectivity index (χ2n) is 4.03. The summed E-state index contributed by atoms with van der Waals surface area (Å²) >= 11 is 0. The molecule has 1 aromatic rings. The SMILES string of the molecule is OC(C1CCCc2cccnc21)C(F)(F)F. The molecule has 0 radical (unpaired) electrons. The molecule has 0 aromatic carbocycles. The smallest absolute Gasteiger partial charge is 0.383 e. The van der Waals surface area contributed by atoms with Gasteiger partial charge < -0.3 is 5.11 Å². The number of fused-ring (bicyclic) bond motifs is 1. The lowest BCUT2D eigenvalue weighted by molar-refractivity contribution is -0.211. The maximum atomic E-state index is 12.4. The van der Waals surface area contributed by atoms with Gasteiger partial charge in [0.05, 0.1) is 0 Å². The Bertz CT molecular complexity index is 378. The molecular formula is C11H12F3NO. The van der Waals surface area contributed by atoms with Crippen molar-refractivity contribution >= 4 is 0 Å². The Kier molecular flexibility index (Phi) is 2.88. The molecule has 1 aliphatic rings. The van der Waals surface area contributed by atoms with Crippen LogP contribution in [0.3, 0.4) is 0 Å². The number of aryl methyl sites for hydroxylation is 1. The van der Waals surface area contributed by atoms with Crippen molar-refractivity contribution in [2.24, 2.45) is 0 Å². The van der Waals surface area contributed by atoms with Crippen LogP contribution < -0.4 is 0 Å². The average molecular weight is 231 g/mol. The molecule has 0 saturated heterocycles. The number of nitrogens with zero attached hydrogens (tertiary/aromatic N) is 1. The Balaban J connectivity index is 2.32. The summed E-state index contributed by atoms with van der Waals surface area (Å²) in [5.41, 5.74) is 1.22. The highest BCUT2D eigenvalue weighted by atomic mass is 19.4. The zero-order chi connectivity index (χ0) is 11.8. The van der Waals surface area contributed by atoms with Gasteiger partial charge in [-0.15, -0.1) is 0 Å². The van der Waals surface area contributed by atoms with E-state index < -0.39 is 18.2 Å². The second kappa shape index (κ2) is 4.05. The van der Waals surface area contributed by atoms with Crippen molar-refractivity contribution in [1.82, 2.24) is 4.98 Å². The van der Waals surface area contributed by atoms with E-state index in [9.17, 15) is 18.3 Å². The molecule has 2 nitrogen and oxygen atoms in total. The summed E-state index contributed by atoms with van der Waals surface area (Å²) in [6.45, 7) is 0. The second-order valence-corrected chi connectivity index (χ2v) is 4.03. The number of halogens is 3. The standard InChI is InChI=1S/C11H12F3NO/c12-11(13,14)10(16)8-5-1-3-7-4-2-6-15-9(7)8/h2,4,6,8,10,16H,1,3,5H2. The van der Waals surface area contributed by atoms with Crippen LogP contribution in [-0.2, 0) is 6.42 Å². The molecule has 0 aliphatic heterocycles. The maximum absolute atomic E-state index is 12.4. The van der Waals surface area contributed by atoms with Gasteiger partial charge in [-0.25, -0.2) is 0 Å². The highest BCUT2D eigenvalue weighted by molar-refractivity contribution is 5.27. The molecule has 0 amide bonds. The third-order valence-corrected chi connectivity index (χ3v) is 2.96. The van der Waals surface area contributed by atoms with Crippen molar-refractivity contribution in [3.8, 4) is 0 Å². The third kappa shape index (κ3) is 2.04. The van der Waals surface area contributed by atoms with Crippen molar-refractivity contribution < 1.29 is 18.3 Å². The van der Waals surface area contributed by atoms with E-state index in [4.69, 9.17) is 0 Å². The molecule has 2 rings (SSSR count). The maximum Gasteiger partial charge on any atom is 0.415 e. The van der Waals surface area contributed by atoms with E-state index in [0.717, 1.165) is 12.0 Å². The van der Waals surface area contributed by atoms with Gasteiger partial charge in [0.1, 0.15) is 0 Å². The summed E-state index contributed by atoms with van der Waals surface area (Å²) in [6.07, 6.45) is -3.66. The molecule has 1 aromatic heterocycles. The van der Waals surface area contributed by atoms with Gasteiger partial charge in [0.15, 0.2) is 6.10 Å². The van der Waals surface area contributed by atoms with Gasteiger partial charge in [-0.2, -0.15) is 13.2 Å². The van der Waals surface area contributed by atoms with E-state index in [2.05, 4.69) is 4.98 Å². The van der Waals surface area contributed by atoms with Crippen LogP contribution in [0.2, 0.25) is 0 Å². The third-order valence-electron chi connectivity index (χ3n) is 2.96. The number of aromatic nitrogens is 1. The van der Waals surface area contributed by atoms with E-state index >= 15 is 0 Å². The molecule has 0 bridgehead atoms. The van der Waals surface area contributed by atoms with Crippen LogP contribution >= 0.6 is 0 Å². The molecule has 2 atom stereocenters. The monoisotopic (exact) mass is 231 g/mol. The largest absolute Gasteiger partial charge is 0.415 e. The highest BCUT2D eigenvalue weighted by Crippen LogP contribution is 2.38. The van der Waals surface area contributed by atoms with Crippen LogP contribution in [0.5, 0.6) is 0 Å². The van der Waals surface area contributed by atoms with Gasteiger partial charge in [0.25, 0.3) is 0 Å². The minimum Gasteiger partial charge on any atom is -0.383 e. The van der Waals surface area contributed by atoms with Crippen molar-refractivity contribution in [2.45, 2.75) is 37.5 Å². The van der Waals surface area contributed by atoms with E-state index in [0.29, 0.717) is 18.5 Å². The Morgan fingerprint density at radius 3 is 2.88 bits per heavy atom. The van der Waals surface area contributed by atoms with Gasteiger partial charge in [-0.1, -0.05) is 6.07 Å². The Morgan fingerprint density at radius 1 is 1.44 bits per heavy atom. The molecule has 0 fully saturated rings. The fourth-order valence-corrected chi connectivity index (χ4v) is 2.18. The summed E-state index contributed by atoms with van der Waals surface area (Å²) < 4.78 is 37.3. The van der Waals surface area contributed by atoms with Crippen molar-refractivity contribution in [1.29, 1.82) is 0 Å². The summed E-state index contributed by atoms with van der Waals surface area (Å²) in [5.74, 6) is -0.912. The van der Waals surface area contributed by atoms with Crippen LogP contribution in [0.4, 0.5) is 13.2 Å². The number of rotatable bonds is 1. The zero-order valence-electron chi connectivity index (χ0n) is 8.54. The number of hydrogen-bond acceptors (Lipinski definition) is 2. The van der Waals surface area contributed by atoms with Gasteiger partial charge in [0.2, 0.25) is 0 Å². The fraction of sp³-hybridized carbons (Fsp3) is 0.545. The van der Waals surface area contributed by atoms with E-state index in [1.807, 2.05) is 0 Å². The first-order chi connectivity index (χ1) is 7.50. The molecule has 1 aliphatic carbocycles. The number of aliphatic hydroxyl groups excluding tert-OH is 1. The molecule has 1 N–H and O–H groups in total. The number of alkyl halides is 3. The first-order valence-electron chi connectivity index (χ1n) is 5.18. The molecule has 2 unspecified atom stereocenters. The Labute approximate surface area is 91.1 Å². The van der Waals surface area contributed by atoms with Crippen molar-refractivity contribution in [3.05, 3.63) is 29.6 Å². The van der Waals surface area contributed by atoms with E-state index in [1.54, 1.807) is 12.1 Å². The van der Waals surface area contributed by atoms with Crippen LogP contribution in [0, 0.1) is 0 Å². The average Bonchev–Trinajstić information content (AvgIpc) is 2.26. The number of pyridine rings is 1. The van der Waals surface area contributed by atoms with Crippen LogP contribution in [0.1, 0.15) is 30.0 Å². The lowest BCUT2D eigenvalue weighted by Gasteiger charge is -2.29. The molecule has 16 heavy (non-hydrogen) atoms. The summed E-state index contributed by atoms with van der Waals surface area (Å²) in [5, 5.41) is 9.29. The molecule has 1 heterocycles. The minimum atomic E-state index is -4.57. The van der Waals surface area contributed by atoms with Gasteiger partial charge >= 0.3 is 6.18 Å². The molecule has 0 saturated carbocycles. The highest BCUT2D eigenvalue weighted by Gasteiger charge is 2.45. The topological polar surface area (TPSA) is 33.1 Å². The van der Waals surface area contributed by atoms with Crippen molar-refractivity contribution in [2.75, 3.05) is 0 Å². The van der Waals surface area contributed by atoms with Crippen LogP contribution in [-0.4, -0.2) is 22.4 Å². The van der Waals surface area contributed by atoms with Crippen LogP contribution in [0.15, 0.2) is 18.3 Å². The summed E-state index contributed by atoms with van der Waals surface area (Å²) in [4.78, 5) is 3.98. The van der Waals surface area contributed by atoms with Gasteiger partial charge in [0, 0.05) is 17.8 Å². The van der Waals surface area contributed by atoms with Gasteiger partial charge in [-0.05, 0) is 30.9 Å². The molecule has 88 valence electrons. The lowest BCUT2D eigenvalue weighted by Crippen LogP contribution is -2.36. The fourth-order valence-electron chi connectivity index (χ4n) is 2.18. The molecule has 0 spiro atoms. The first-order valence-corrected chi connectivity index (χ1v) is 5.18. The first kappa shape index (κ1) is 11.4. The predicted octanol–water partition coefficient (Wildman–Crippen LogP) is 2.42. The predicted molar refractivity (Wildman–Crippen MR) is 52.0 cm³/mol. The normalized spacial score (nSPS) is 22.6. The minimum absolute atomic E-state index is 0.338. The van der Waals surface area contributed by atoms with E-state index in [-0.39, 0.29) is 0 Å². The Hall–Kier alpha value is -1.10. The lowest BCUT2D eigenvalue weighted by atomic mass is 9.83. The van der Waals surface area contributed by atoms with Crippen LogP contribution in [0.25, 0.3) is 0 Å². The molecule has 5 heteroatoms. The number of aliphatic hydroxyl groups is 1. The van der Waals surface area contributed by atoms with Gasteiger partial charge in [-0.3, -0.25) is 4.98 Å². The van der Waals surface area contributed by atoms with E-state index in [1.165, 1.54) is 6.20 Å². The quantitative estimate of drug-likeness (QED) is 0.805. The Morgan fingerprint density at radius 2 is 2.19 bits per heavy atom. The summed E-state index contributed by atoms with van der Waals surface area (Å²) in [7, 11) is 0. The van der Waals surface area contributed by atoms with Crippen molar-refractivity contribution in [3.63, 3.8) is 0 Å². The molecular weight excluding hydrogens is 219 g/mol.